The van der Waals surface area contributed by atoms with E-state index in [1.807, 2.05) is 19.2 Å². The average Bonchev–Trinajstić information content (AvgIpc) is 3.22. The Morgan fingerprint density at radius 3 is 2.95 bits per heavy atom. The second kappa shape index (κ2) is 8.19. The van der Waals surface area contributed by atoms with Crippen LogP contribution in [0.4, 0.5) is 5.82 Å². The number of aliphatic imine (C=N–C) groups is 1. The molecular formula is C15H23ClIN5. The Morgan fingerprint density at radius 1 is 1.45 bits per heavy atom. The van der Waals surface area contributed by atoms with Crippen molar-refractivity contribution in [1.82, 2.24) is 15.6 Å². The highest BCUT2D eigenvalue weighted by Gasteiger charge is 2.26. The topological polar surface area (TPSA) is 52.6 Å². The quantitative estimate of drug-likeness (QED) is 0.433. The number of pyridine rings is 1. The van der Waals surface area contributed by atoms with E-state index in [1.54, 1.807) is 6.20 Å². The van der Waals surface area contributed by atoms with Gasteiger partial charge in [-0.25, -0.2) is 4.98 Å². The van der Waals surface area contributed by atoms with Crippen molar-refractivity contribution in [1.29, 1.82) is 0 Å². The standard InChI is InChI=1S/C15H22ClN5.HI/c1-17-15(19-9-11-4-5-11)20-12-6-8-21(10-12)14-13(16)3-2-7-18-14;/h2-3,7,11-12H,4-6,8-10H2,1H3,(H2,17,19,20);1H. The lowest BCUT2D eigenvalue weighted by atomic mass is 10.3. The van der Waals surface area contributed by atoms with Crippen molar-refractivity contribution >= 4 is 47.4 Å². The highest BCUT2D eigenvalue weighted by molar-refractivity contribution is 14.0. The summed E-state index contributed by atoms with van der Waals surface area (Å²) in [5.41, 5.74) is 0. The van der Waals surface area contributed by atoms with Crippen LogP contribution in [0.3, 0.4) is 0 Å². The molecule has 1 unspecified atom stereocenters. The first-order valence-corrected chi connectivity index (χ1v) is 7.96. The van der Waals surface area contributed by atoms with Gasteiger partial charge in [0.1, 0.15) is 5.82 Å². The van der Waals surface area contributed by atoms with Crippen LogP contribution in [0.2, 0.25) is 5.02 Å². The van der Waals surface area contributed by atoms with E-state index in [1.165, 1.54) is 12.8 Å². The number of hydrogen-bond acceptors (Lipinski definition) is 3. The molecule has 0 amide bonds. The first kappa shape index (κ1) is 17.6. The van der Waals surface area contributed by atoms with E-state index in [2.05, 4.69) is 25.5 Å². The zero-order valence-corrected chi connectivity index (χ0v) is 15.8. The summed E-state index contributed by atoms with van der Waals surface area (Å²) >= 11 is 6.22. The van der Waals surface area contributed by atoms with Gasteiger partial charge >= 0.3 is 0 Å². The van der Waals surface area contributed by atoms with E-state index in [9.17, 15) is 0 Å². The summed E-state index contributed by atoms with van der Waals surface area (Å²) in [6, 6.07) is 4.13. The van der Waals surface area contributed by atoms with Gasteiger partial charge in [0.05, 0.1) is 5.02 Å². The molecule has 7 heteroatoms. The Morgan fingerprint density at radius 2 is 2.27 bits per heavy atom. The second-order valence-corrected chi connectivity index (χ2v) is 6.19. The molecule has 2 aliphatic rings. The summed E-state index contributed by atoms with van der Waals surface area (Å²) < 4.78 is 0. The van der Waals surface area contributed by atoms with Crippen LogP contribution in [0.15, 0.2) is 23.3 Å². The summed E-state index contributed by atoms with van der Waals surface area (Å²) in [6.45, 7) is 2.90. The van der Waals surface area contributed by atoms with Crippen LogP contribution in [0.25, 0.3) is 0 Å². The van der Waals surface area contributed by atoms with Gasteiger partial charge in [-0.05, 0) is 37.3 Å². The SMILES string of the molecule is CN=C(NCC1CC1)NC1CCN(c2ncccc2Cl)C1.I. The molecule has 5 nitrogen and oxygen atoms in total. The number of guanidine groups is 1. The highest BCUT2D eigenvalue weighted by Crippen LogP contribution is 2.27. The molecule has 0 spiro atoms. The number of hydrogen-bond donors (Lipinski definition) is 2. The summed E-state index contributed by atoms with van der Waals surface area (Å²) in [6.07, 6.45) is 5.55. The van der Waals surface area contributed by atoms with Crippen LogP contribution >= 0.6 is 35.6 Å². The normalized spacial score (nSPS) is 21.5. The van der Waals surface area contributed by atoms with Gasteiger partial charge in [0.25, 0.3) is 0 Å². The monoisotopic (exact) mass is 435 g/mol. The Kier molecular flexibility index (Phi) is 6.55. The van der Waals surface area contributed by atoms with Crippen LogP contribution < -0.4 is 15.5 Å². The van der Waals surface area contributed by atoms with Crippen molar-refractivity contribution < 1.29 is 0 Å². The smallest absolute Gasteiger partial charge is 0.191 e. The van der Waals surface area contributed by atoms with Gasteiger partial charge in [-0.2, -0.15) is 0 Å². The van der Waals surface area contributed by atoms with E-state index in [-0.39, 0.29) is 24.0 Å². The molecule has 1 atom stereocenters. The molecule has 1 aliphatic heterocycles. The summed E-state index contributed by atoms with van der Waals surface area (Å²) in [4.78, 5) is 10.9. The van der Waals surface area contributed by atoms with Gasteiger partial charge in [-0.1, -0.05) is 11.6 Å². The summed E-state index contributed by atoms with van der Waals surface area (Å²) in [7, 11) is 1.82. The first-order chi connectivity index (χ1) is 10.3. The third-order valence-corrected chi connectivity index (χ3v) is 4.34. The van der Waals surface area contributed by atoms with Gasteiger partial charge in [0.2, 0.25) is 0 Å². The molecule has 1 aromatic rings. The van der Waals surface area contributed by atoms with E-state index in [0.29, 0.717) is 6.04 Å². The molecule has 0 bridgehead atoms. The van der Waals surface area contributed by atoms with Crippen LogP contribution in [-0.2, 0) is 0 Å². The van der Waals surface area contributed by atoms with Crippen LogP contribution in [0, 0.1) is 5.92 Å². The minimum absolute atomic E-state index is 0. The van der Waals surface area contributed by atoms with Crippen LogP contribution in [-0.4, -0.2) is 43.7 Å². The molecule has 3 rings (SSSR count). The Balaban J connectivity index is 0.00000176. The molecule has 2 fully saturated rings. The number of nitrogens with zero attached hydrogens (tertiary/aromatic N) is 3. The lowest BCUT2D eigenvalue weighted by Crippen LogP contribution is -2.45. The molecule has 122 valence electrons. The molecule has 1 saturated carbocycles. The summed E-state index contributed by atoms with van der Waals surface area (Å²) in [5, 5.41) is 7.61. The number of anilines is 1. The minimum Gasteiger partial charge on any atom is -0.356 e. The van der Waals surface area contributed by atoms with Gasteiger partial charge in [0, 0.05) is 38.9 Å². The van der Waals surface area contributed by atoms with E-state index < -0.39 is 0 Å². The third kappa shape index (κ3) is 4.62. The van der Waals surface area contributed by atoms with E-state index in [4.69, 9.17) is 11.6 Å². The first-order valence-electron chi connectivity index (χ1n) is 7.59. The largest absolute Gasteiger partial charge is 0.356 e. The summed E-state index contributed by atoms with van der Waals surface area (Å²) in [5.74, 6) is 2.63. The van der Waals surface area contributed by atoms with Crippen molar-refractivity contribution in [2.45, 2.75) is 25.3 Å². The lowest BCUT2D eigenvalue weighted by Gasteiger charge is -2.20. The maximum atomic E-state index is 6.22. The predicted octanol–water partition coefficient (Wildman–Crippen LogP) is 2.51. The second-order valence-electron chi connectivity index (χ2n) is 5.78. The molecule has 2 heterocycles. The minimum atomic E-state index is 0. The average molecular weight is 436 g/mol. The Hall–Kier alpha value is -0.760. The van der Waals surface area contributed by atoms with Crippen molar-refractivity contribution in [2.75, 3.05) is 31.6 Å². The van der Waals surface area contributed by atoms with Gasteiger partial charge in [0.15, 0.2) is 5.96 Å². The van der Waals surface area contributed by atoms with Gasteiger partial charge < -0.3 is 15.5 Å². The van der Waals surface area contributed by atoms with E-state index >= 15 is 0 Å². The fourth-order valence-corrected chi connectivity index (χ4v) is 2.87. The van der Waals surface area contributed by atoms with Crippen molar-refractivity contribution in [2.24, 2.45) is 10.9 Å². The lowest BCUT2D eigenvalue weighted by molar-refractivity contribution is 0.640. The third-order valence-electron chi connectivity index (χ3n) is 4.05. The van der Waals surface area contributed by atoms with Gasteiger partial charge in [-0.3, -0.25) is 4.99 Å². The molecule has 0 radical (unpaired) electrons. The zero-order valence-electron chi connectivity index (χ0n) is 12.8. The van der Waals surface area contributed by atoms with Crippen molar-refractivity contribution in [3.05, 3.63) is 23.4 Å². The molecular weight excluding hydrogens is 413 g/mol. The Labute approximate surface area is 153 Å². The van der Waals surface area contributed by atoms with Crippen molar-refractivity contribution in [3.8, 4) is 0 Å². The maximum absolute atomic E-state index is 6.22. The molecule has 1 aromatic heterocycles. The highest BCUT2D eigenvalue weighted by atomic mass is 127. The maximum Gasteiger partial charge on any atom is 0.191 e. The molecule has 22 heavy (non-hydrogen) atoms. The molecule has 0 aromatic carbocycles. The Bertz CT molecular complexity index is 520. The number of aromatic nitrogens is 1. The zero-order chi connectivity index (χ0) is 14.7. The van der Waals surface area contributed by atoms with E-state index in [0.717, 1.165) is 48.8 Å². The fourth-order valence-electron chi connectivity index (χ4n) is 2.63. The number of nitrogens with one attached hydrogen (secondary N) is 2. The van der Waals surface area contributed by atoms with Crippen molar-refractivity contribution in [3.63, 3.8) is 0 Å². The van der Waals surface area contributed by atoms with Crippen LogP contribution in [0.5, 0.6) is 0 Å². The fraction of sp³-hybridized carbons (Fsp3) is 0.600. The molecule has 1 aliphatic carbocycles. The number of halogens is 2. The van der Waals surface area contributed by atoms with Gasteiger partial charge in [-0.15, -0.1) is 24.0 Å². The predicted molar refractivity (Wildman–Crippen MR) is 103 cm³/mol. The molecule has 1 saturated heterocycles. The van der Waals surface area contributed by atoms with Crippen LogP contribution in [0.1, 0.15) is 19.3 Å². The number of rotatable bonds is 4. The molecule has 2 N–H and O–H groups in total.